The van der Waals surface area contributed by atoms with E-state index in [9.17, 15) is 9.59 Å². The summed E-state index contributed by atoms with van der Waals surface area (Å²) in [5, 5.41) is 0. The van der Waals surface area contributed by atoms with Crippen LogP contribution in [0.3, 0.4) is 0 Å². The Bertz CT molecular complexity index is 711. The van der Waals surface area contributed by atoms with Crippen LogP contribution in [0, 0.1) is 0 Å². The zero-order valence-electron chi connectivity index (χ0n) is 11.4. The molecule has 0 spiro atoms. The zero-order chi connectivity index (χ0) is 15.0. The van der Waals surface area contributed by atoms with Crippen molar-refractivity contribution in [1.29, 1.82) is 0 Å². The molecule has 0 N–H and O–H groups in total. The van der Waals surface area contributed by atoms with Crippen LogP contribution in [-0.4, -0.2) is 23.7 Å². The minimum atomic E-state index is -1.74. The number of Topliss-reactive ketones (excluding diaryl/α,β-unsaturated/α-hetero) is 1. The van der Waals surface area contributed by atoms with E-state index in [1.54, 1.807) is 12.1 Å². The molecule has 4 heteroatoms. The van der Waals surface area contributed by atoms with Gasteiger partial charge >= 0.3 is 5.97 Å². The van der Waals surface area contributed by atoms with Crippen LogP contribution in [-0.2, 0) is 9.53 Å². The standard InChI is InChI=1S/C17H13ClO3/c1-21-16(20)17(18)14(11-7-3-2-4-8-11)12-9-5-6-10-13(12)15(17)19/h2-10,14H,1H3/t14-,17+/m1/s1. The Morgan fingerprint density at radius 3 is 2.38 bits per heavy atom. The van der Waals surface area contributed by atoms with Crippen molar-refractivity contribution >= 4 is 23.4 Å². The number of methoxy groups -OCH3 is 1. The molecule has 0 heterocycles. The second-order valence-electron chi connectivity index (χ2n) is 4.96. The lowest BCUT2D eigenvalue weighted by atomic mass is 9.85. The van der Waals surface area contributed by atoms with Gasteiger partial charge < -0.3 is 4.74 Å². The van der Waals surface area contributed by atoms with Crippen LogP contribution in [0.5, 0.6) is 0 Å². The molecule has 0 bridgehead atoms. The number of rotatable bonds is 2. The Labute approximate surface area is 127 Å². The molecule has 3 rings (SSSR count). The molecule has 1 aliphatic carbocycles. The highest BCUT2D eigenvalue weighted by atomic mass is 35.5. The SMILES string of the molecule is COC(=O)[C@@]1(Cl)C(=O)c2ccccc2[C@H]1c1ccccc1. The van der Waals surface area contributed by atoms with Gasteiger partial charge in [-0.1, -0.05) is 66.2 Å². The van der Waals surface area contributed by atoms with E-state index in [1.807, 2.05) is 42.5 Å². The van der Waals surface area contributed by atoms with Gasteiger partial charge in [0.15, 0.2) is 5.78 Å². The van der Waals surface area contributed by atoms with Gasteiger partial charge in [-0.2, -0.15) is 0 Å². The van der Waals surface area contributed by atoms with Gasteiger partial charge in [0.1, 0.15) is 0 Å². The number of halogens is 1. The second-order valence-corrected chi connectivity index (χ2v) is 5.56. The number of benzene rings is 2. The van der Waals surface area contributed by atoms with Crippen LogP contribution in [0.15, 0.2) is 54.6 Å². The highest BCUT2D eigenvalue weighted by molar-refractivity contribution is 6.50. The van der Waals surface area contributed by atoms with Gasteiger partial charge in [0.25, 0.3) is 0 Å². The second kappa shape index (κ2) is 5.01. The lowest BCUT2D eigenvalue weighted by Crippen LogP contribution is -2.43. The van der Waals surface area contributed by atoms with Crippen molar-refractivity contribution in [3.63, 3.8) is 0 Å². The van der Waals surface area contributed by atoms with Crippen molar-refractivity contribution in [2.24, 2.45) is 0 Å². The highest BCUT2D eigenvalue weighted by Crippen LogP contribution is 2.49. The topological polar surface area (TPSA) is 43.4 Å². The van der Waals surface area contributed by atoms with Crippen LogP contribution in [0.4, 0.5) is 0 Å². The Hall–Kier alpha value is -2.13. The predicted octanol–water partition coefficient (Wildman–Crippen LogP) is 3.17. The first-order valence-electron chi connectivity index (χ1n) is 6.56. The fourth-order valence-electron chi connectivity index (χ4n) is 2.91. The van der Waals surface area contributed by atoms with Gasteiger partial charge in [0, 0.05) is 11.5 Å². The summed E-state index contributed by atoms with van der Waals surface area (Å²) in [4.78, 5) is 23.2. The third-order valence-corrected chi connectivity index (χ3v) is 4.40. The van der Waals surface area contributed by atoms with Crippen molar-refractivity contribution < 1.29 is 14.3 Å². The molecule has 0 aliphatic heterocycles. The lowest BCUT2D eigenvalue weighted by Gasteiger charge is -2.25. The summed E-state index contributed by atoms with van der Waals surface area (Å²) in [6.45, 7) is 0. The molecular formula is C17H13ClO3. The largest absolute Gasteiger partial charge is 0.467 e. The Balaban J connectivity index is 2.26. The van der Waals surface area contributed by atoms with Gasteiger partial charge in [-0.3, -0.25) is 4.79 Å². The summed E-state index contributed by atoms with van der Waals surface area (Å²) >= 11 is 6.51. The van der Waals surface area contributed by atoms with Crippen LogP contribution in [0.2, 0.25) is 0 Å². The predicted molar refractivity (Wildman–Crippen MR) is 79.7 cm³/mol. The molecular weight excluding hydrogens is 288 g/mol. The zero-order valence-corrected chi connectivity index (χ0v) is 12.1. The van der Waals surface area contributed by atoms with Crippen LogP contribution < -0.4 is 0 Å². The minimum Gasteiger partial charge on any atom is -0.467 e. The number of carbonyl (C=O) groups excluding carboxylic acids is 2. The fourth-order valence-corrected chi connectivity index (χ4v) is 3.33. The van der Waals surface area contributed by atoms with E-state index in [2.05, 4.69) is 0 Å². The molecule has 2 aromatic rings. The number of hydrogen-bond donors (Lipinski definition) is 0. The van der Waals surface area contributed by atoms with Gasteiger partial charge in [0.05, 0.1) is 7.11 Å². The quantitative estimate of drug-likeness (QED) is 0.486. The van der Waals surface area contributed by atoms with Crippen molar-refractivity contribution in [1.82, 2.24) is 0 Å². The van der Waals surface area contributed by atoms with E-state index in [0.717, 1.165) is 11.1 Å². The van der Waals surface area contributed by atoms with E-state index < -0.39 is 22.5 Å². The molecule has 0 unspecified atom stereocenters. The van der Waals surface area contributed by atoms with E-state index in [1.165, 1.54) is 7.11 Å². The molecule has 0 radical (unpaired) electrons. The summed E-state index contributed by atoms with van der Waals surface area (Å²) in [6.07, 6.45) is 0. The molecule has 0 amide bonds. The van der Waals surface area contributed by atoms with Gasteiger partial charge in [-0.05, 0) is 11.1 Å². The normalized spacial score (nSPS) is 23.7. The van der Waals surface area contributed by atoms with Crippen LogP contribution >= 0.6 is 11.6 Å². The Kier molecular flexibility index (Phi) is 3.30. The number of fused-ring (bicyclic) bond motifs is 1. The van der Waals surface area contributed by atoms with E-state index in [0.29, 0.717) is 5.56 Å². The average Bonchev–Trinajstić information content (AvgIpc) is 2.77. The molecule has 106 valence electrons. The molecule has 2 aromatic carbocycles. The third-order valence-electron chi connectivity index (χ3n) is 3.86. The maximum absolute atomic E-state index is 12.7. The lowest BCUT2D eigenvalue weighted by molar-refractivity contribution is -0.142. The van der Waals surface area contributed by atoms with Gasteiger partial charge in [-0.15, -0.1) is 0 Å². The highest BCUT2D eigenvalue weighted by Gasteiger charge is 2.58. The maximum Gasteiger partial charge on any atom is 0.336 e. The number of ether oxygens (including phenoxy) is 1. The monoisotopic (exact) mass is 300 g/mol. The summed E-state index contributed by atoms with van der Waals surface area (Å²) in [5.74, 6) is -1.67. The fraction of sp³-hybridized carbons (Fsp3) is 0.176. The number of hydrogen-bond acceptors (Lipinski definition) is 3. The number of esters is 1. The number of ketones is 1. The Morgan fingerprint density at radius 2 is 1.71 bits per heavy atom. The van der Waals surface area contributed by atoms with Crippen molar-refractivity contribution in [3.05, 3.63) is 71.3 Å². The summed E-state index contributed by atoms with van der Waals surface area (Å²) in [6, 6.07) is 16.4. The first kappa shape index (κ1) is 13.8. The number of alkyl halides is 1. The van der Waals surface area contributed by atoms with Crippen molar-refractivity contribution in [2.75, 3.05) is 7.11 Å². The first-order chi connectivity index (χ1) is 10.1. The van der Waals surface area contributed by atoms with E-state index in [4.69, 9.17) is 16.3 Å². The number of carbonyl (C=O) groups is 2. The van der Waals surface area contributed by atoms with E-state index >= 15 is 0 Å². The van der Waals surface area contributed by atoms with Crippen LogP contribution in [0.1, 0.15) is 27.4 Å². The molecule has 0 saturated heterocycles. The summed E-state index contributed by atoms with van der Waals surface area (Å²) in [5.41, 5.74) is 2.05. The Morgan fingerprint density at radius 1 is 1.10 bits per heavy atom. The summed E-state index contributed by atoms with van der Waals surface area (Å²) in [7, 11) is 1.24. The van der Waals surface area contributed by atoms with E-state index in [-0.39, 0.29) is 0 Å². The first-order valence-corrected chi connectivity index (χ1v) is 6.94. The molecule has 1 aliphatic rings. The molecule has 0 saturated carbocycles. The summed E-state index contributed by atoms with van der Waals surface area (Å²) < 4.78 is 4.80. The average molecular weight is 301 g/mol. The molecule has 2 atom stereocenters. The maximum atomic E-state index is 12.7. The minimum absolute atomic E-state index is 0.402. The van der Waals surface area contributed by atoms with Gasteiger partial charge in [-0.25, -0.2) is 4.79 Å². The molecule has 0 aromatic heterocycles. The molecule has 21 heavy (non-hydrogen) atoms. The molecule has 0 fully saturated rings. The van der Waals surface area contributed by atoms with Crippen molar-refractivity contribution in [3.8, 4) is 0 Å². The van der Waals surface area contributed by atoms with Crippen molar-refractivity contribution in [2.45, 2.75) is 10.8 Å². The molecule has 3 nitrogen and oxygen atoms in total. The third kappa shape index (κ3) is 1.88. The van der Waals surface area contributed by atoms with Gasteiger partial charge in [0.2, 0.25) is 4.87 Å². The smallest absolute Gasteiger partial charge is 0.336 e. The van der Waals surface area contributed by atoms with Crippen LogP contribution in [0.25, 0.3) is 0 Å².